The maximum absolute atomic E-state index is 13.3. The summed E-state index contributed by atoms with van der Waals surface area (Å²) in [5, 5.41) is 10.0. The van der Waals surface area contributed by atoms with Gasteiger partial charge >= 0.3 is 5.97 Å². The molecule has 4 heteroatoms. The van der Waals surface area contributed by atoms with Crippen molar-refractivity contribution in [2.24, 2.45) is 5.92 Å². The van der Waals surface area contributed by atoms with Gasteiger partial charge in [0.05, 0.1) is 5.41 Å². The van der Waals surface area contributed by atoms with Crippen LogP contribution in [0.2, 0.25) is 0 Å². The zero-order chi connectivity index (χ0) is 20.9. The van der Waals surface area contributed by atoms with E-state index in [2.05, 4.69) is 6.92 Å². The Labute approximate surface area is 172 Å². The first-order valence-electron chi connectivity index (χ1n) is 10.7. The molecular formula is C25H30F2O2. The van der Waals surface area contributed by atoms with Crippen LogP contribution in [-0.2, 0) is 23.1 Å². The van der Waals surface area contributed by atoms with Crippen LogP contribution in [0.3, 0.4) is 0 Å². The van der Waals surface area contributed by atoms with Gasteiger partial charge in [-0.05, 0) is 73.3 Å². The van der Waals surface area contributed by atoms with E-state index in [4.69, 9.17) is 0 Å². The number of rotatable bonds is 8. The van der Waals surface area contributed by atoms with Gasteiger partial charge in [0.25, 0.3) is 0 Å². The number of aryl methyl sites for hydroxylation is 2. The molecule has 0 atom stereocenters. The molecule has 29 heavy (non-hydrogen) atoms. The quantitative estimate of drug-likeness (QED) is 0.553. The van der Waals surface area contributed by atoms with E-state index in [0.29, 0.717) is 31.6 Å². The molecule has 0 bridgehead atoms. The van der Waals surface area contributed by atoms with Gasteiger partial charge in [0.15, 0.2) is 11.6 Å². The van der Waals surface area contributed by atoms with Gasteiger partial charge in [0.2, 0.25) is 0 Å². The lowest BCUT2D eigenvalue weighted by Gasteiger charge is -2.37. The van der Waals surface area contributed by atoms with Crippen LogP contribution in [0.4, 0.5) is 8.78 Å². The summed E-state index contributed by atoms with van der Waals surface area (Å²) >= 11 is 0. The van der Waals surface area contributed by atoms with Crippen LogP contribution < -0.4 is 0 Å². The molecular weight excluding hydrogens is 370 g/mol. The molecule has 0 saturated heterocycles. The summed E-state index contributed by atoms with van der Waals surface area (Å²) < 4.78 is 26.4. The predicted octanol–water partition coefficient (Wildman–Crippen LogP) is 6.45. The Hall–Kier alpha value is -2.23. The van der Waals surface area contributed by atoms with Crippen molar-refractivity contribution in [3.8, 4) is 0 Å². The minimum Gasteiger partial charge on any atom is -0.481 e. The van der Waals surface area contributed by atoms with E-state index in [0.717, 1.165) is 35.6 Å². The maximum Gasteiger partial charge on any atom is 0.314 e. The molecule has 0 aliphatic heterocycles. The normalized spacial score (nSPS) is 21.8. The number of halogens is 2. The summed E-state index contributed by atoms with van der Waals surface area (Å²) in [6, 6.07) is 11.8. The number of hydrogen-bond acceptors (Lipinski definition) is 1. The molecule has 0 radical (unpaired) electrons. The molecule has 3 rings (SSSR count). The predicted molar refractivity (Wildman–Crippen MR) is 111 cm³/mol. The SMILES string of the molecule is CCCCC1CCC(C(=O)O)(c2ccc(CCc3ccc(F)c(F)c3)cc2)CC1. The van der Waals surface area contributed by atoms with Gasteiger partial charge in [-0.2, -0.15) is 0 Å². The Kier molecular flexibility index (Phi) is 7.05. The minimum absolute atomic E-state index is 0.611. The van der Waals surface area contributed by atoms with E-state index >= 15 is 0 Å². The van der Waals surface area contributed by atoms with Gasteiger partial charge in [-0.15, -0.1) is 0 Å². The lowest BCUT2D eigenvalue weighted by molar-refractivity contribution is -0.145. The first kappa shape index (κ1) is 21.5. The molecule has 0 amide bonds. The maximum atomic E-state index is 13.3. The highest BCUT2D eigenvalue weighted by molar-refractivity contribution is 5.81. The van der Waals surface area contributed by atoms with Crippen molar-refractivity contribution >= 4 is 5.97 Å². The summed E-state index contributed by atoms with van der Waals surface area (Å²) in [6.07, 6.45) is 8.27. The zero-order valence-electron chi connectivity index (χ0n) is 17.1. The van der Waals surface area contributed by atoms with Gasteiger partial charge < -0.3 is 5.11 Å². The van der Waals surface area contributed by atoms with Crippen LogP contribution in [0.15, 0.2) is 42.5 Å². The lowest BCUT2D eigenvalue weighted by Crippen LogP contribution is -2.39. The molecule has 1 saturated carbocycles. The number of carboxylic acid groups (broad SMARTS) is 1. The second kappa shape index (κ2) is 9.51. The Balaban J connectivity index is 1.65. The summed E-state index contributed by atoms with van der Waals surface area (Å²) in [7, 11) is 0. The van der Waals surface area contributed by atoms with E-state index in [1.807, 2.05) is 24.3 Å². The summed E-state index contributed by atoms with van der Waals surface area (Å²) in [6.45, 7) is 2.19. The highest BCUT2D eigenvalue weighted by atomic mass is 19.2. The highest BCUT2D eigenvalue weighted by Gasteiger charge is 2.43. The molecule has 2 aromatic rings. The van der Waals surface area contributed by atoms with Crippen LogP contribution in [-0.4, -0.2) is 11.1 Å². The number of aliphatic carboxylic acids is 1. The van der Waals surface area contributed by atoms with Crippen molar-refractivity contribution < 1.29 is 18.7 Å². The van der Waals surface area contributed by atoms with E-state index in [-0.39, 0.29) is 0 Å². The Morgan fingerprint density at radius 3 is 2.21 bits per heavy atom. The fourth-order valence-electron chi connectivity index (χ4n) is 4.55. The van der Waals surface area contributed by atoms with Crippen LogP contribution in [0, 0.1) is 17.6 Å². The van der Waals surface area contributed by atoms with Gasteiger partial charge in [-0.3, -0.25) is 4.79 Å². The molecule has 0 spiro atoms. The minimum atomic E-state index is -0.832. The number of hydrogen-bond donors (Lipinski definition) is 1. The first-order chi connectivity index (χ1) is 13.9. The van der Waals surface area contributed by atoms with E-state index < -0.39 is 23.0 Å². The molecule has 1 aliphatic rings. The van der Waals surface area contributed by atoms with E-state index in [1.165, 1.54) is 25.3 Å². The molecule has 0 unspecified atom stereocenters. The summed E-state index contributed by atoms with van der Waals surface area (Å²) in [5.41, 5.74) is 1.92. The molecule has 2 nitrogen and oxygen atoms in total. The first-order valence-corrected chi connectivity index (χ1v) is 10.7. The Bertz CT molecular complexity index is 821. The third-order valence-electron chi connectivity index (χ3n) is 6.53. The van der Waals surface area contributed by atoms with Crippen molar-refractivity contribution in [2.45, 2.75) is 70.1 Å². The Morgan fingerprint density at radius 2 is 1.62 bits per heavy atom. The molecule has 1 N–H and O–H groups in total. The lowest BCUT2D eigenvalue weighted by atomic mass is 9.66. The largest absolute Gasteiger partial charge is 0.481 e. The fourth-order valence-corrected chi connectivity index (χ4v) is 4.55. The second-order valence-electron chi connectivity index (χ2n) is 8.42. The molecule has 1 aliphatic carbocycles. The summed E-state index contributed by atoms with van der Waals surface area (Å²) in [4.78, 5) is 12.2. The molecule has 0 aromatic heterocycles. The topological polar surface area (TPSA) is 37.3 Å². The van der Waals surface area contributed by atoms with Crippen LogP contribution in [0.5, 0.6) is 0 Å². The van der Waals surface area contributed by atoms with Gasteiger partial charge in [-0.25, -0.2) is 8.78 Å². The van der Waals surface area contributed by atoms with Gasteiger partial charge in [0.1, 0.15) is 0 Å². The van der Waals surface area contributed by atoms with Crippen LogP contribution >= 0.6 is 0 Å². The third-order valence-corrected chi connectivity index (χ3v) is 6.53. The number of carboxylic acids is 1. The highest BCUT2D eigenvalue weighted by Crippen LogP contribution is 2.43. The summed E-state index contributed by atoms with van der Waals surface area (Å²) in [5.74, 6) is -1.73. The number of benzene rings is 2. The van der Waals surface area contributed by atoms with Crippen LogP contribution in [0.1, 0.15) is 68.6 Å². The van der Waals surface area contributed by atoms with Crippen molar-refractivity contribution in [3.05, 3.63) is 70.8 Å². The molecule has 2 aromatic carbocycles. The van der Waals surface area contributed by atoms with Crippen molar-refractivity contribution in [1.82, 2.24) is 0 Å². The second-order valence-corrected chi connectivity index (χ2v) is 8.42. The standard InChI is InChI=1S/C25H30F2O2/c1-2-3-4-18-13-15-25(16-14-18,24(28)29)21-10-7-19(8-11-21)5-6-20-9-12-22(26)23(27)17-20/h7-12,17-18H,2-6,13-16H2,1H3,(H,28,29). The Morgan fingerprint density at radius 1 is 1.00 bits per heavy atom. The monoisotopic (exact) mass is 400 g/mol. The van der Waals surface area contributed by atoms with Crippen LogP contribution in [0.25, 0.3) is 0 Å². The zero-order valence-corrected chi connectivity index (χ0v) is 17.1. The van der Waals surface area contributed by atoms with Crippen molar-refractivity contribution in [1.29, 1.82) is 0 Å². The van der Waals surface area contributed by atoms with Gasteiger partial charge in [0, 0.05) is 0 Å². The van der Waals surface area contributed by atoms with E-state index in [1.54, 1.807) is 6.07 Å². The van der Waals surface area contributed by atoms with Gasteiger partial charge in [-0.1, -0.05) is 56.5 Å². The average Bonchev–Trinajstić information content (AvgIpc) is 2.73. The smallest absolute Gasteiger partial charge is 0.314 e. The molecule has 1 fully saturated rings. The number of carbonyl (C=O) groups is 1. The molecule has 156 valence electrons. The van der Waals surface area contributed by atoms with Crippen molar-refractivity contribution in [2.75, 3.05) is 0 Å². The fraction of sp³-hybridized carbons (Fsp3) is 0.480. The van der Waals surface area contributed by atoms with E-state index in [9.17, 15) is 18.7 Å². The third kappa shape index (κ3) is 5.04. The average molecular weight is 401 g/mol. The number of unbranched alkanes of at least 4 members (excludes halogenated alkanes) is 1. The molecule has 0 heterocycles. The van der Waals surface area contributed by atoms with Crippen molar-refractivity contribution in [3.63, 3.8) is 0 Å².